The van der Waals surface area contributed by atoms with E-state index in [-0.39, 0.29) is 24.2 Å². The third-order valence-corrected chi connectivity index (χ3v) is 3.93. The summed E-state index contributed by atoms with van der Waals surface area (Å²) in [6, 6.07) is 15.6. The van der Waals surface area contributed by atoms with E-state index in [1.165, 1.54) is 5.56 Å². The standard InChI is InChI=1S/C19H21NO2.ClH/c1-4-18(16-8-6-5-7-9-16)20(2,3)13-15-10-11-19(22)17(12-15)14-21;/h4-12,14,18H,1,13H2,2-3H3;1H. The summed E-state index contributed by atoms with van der Waals surface area (Å²) in [6.45, 7) is 4.71. The lowest BCUT2D eigenvalue weighted by molar-refractivity contribution is -0.927. The Hall–Kier alpha value is -2.10. The normalized spacial score (nSPS) is 12.1. The number of hydrogen-bond acceptors (Lipinski definition) is 2. The van der Waals surface area contributed by atoms with Crippen molar-refractivity contribution in [2.45, 2.75) is 12.6 Å². The molecule has 23 heavy (non-hydrogen) atoms. The van der Waals surface area contributed by atoms with Gasteiger partial charge in [0.1, 0.15) is 18.3 Å². The number of benzene rings is 2. The number of nitrogens with zero attached hydrogens (tertiary/aromatic N) is 1. The first-order valence-corrected chi connectivity index (χ1v) is 7.25. The van der Waals surface area contributed by atoms with Gasteiger partial charge in [-0.1, -0.05) is 36.9 Å². The summed E-state index contributed by atoms with van der Waals surface area (Å²) in [4.78, 5) is 11.0. The summed E-state index contributed by atoms with van der Waals surface area (Å²) in [7, 11) is 4.26. The molecule has 2 aromatic rings. The first-order chi connectivity index (χ1) is 10.5. The van der Waals surface area contributed by atoms with Crippen LogP contribution >= 0.6 is 0 Å². The van der Waals surface area contributed by atoms with Crippen LogP contribution in [0.3, 0.4) is 0 Å². The average Bonchev–Trinajstić information content (AvgIpc) is 2.50. The molecule has 0 aliphatic carbocycles. The van der Waals surface area contributed by atoms with Crippen LogP contribution in [0.15, 0.2) is 61.2 Å². The molecule has 0 fully saturated rings. The molecule has 0 bridgehead atoms. The molecule has 0 amide bonds. The minimum atomic E-state index is 0. The molecule has 0 heterocycles. The molecule has 0 aromatic heterocycles. The summed E-state index contributed by atoms with van der Waals surface area (Å²) < 4.78 is 0.677. The van der Waals surface area contributed by atoms with E-state index in [0.717, 1.165) is 12.1 Å². The van der Waals surface area contributed by atoms with E-state index in [1.54, 1.807) is 12.1 Å². The molecule has 122 valence electrons. The fourth-order valence-corrected chi connectivity index (χ4v) is 2.84. The minimum Gasteiger partial charge on any atom is -1.00 e. The number of aldehydes is 1. The van der Waals surface area contributed by atoms with E-state index < -0.39 is 0 Å². The van der Waals surface area contributed by atoms with Crippen LogP contribution in [0.1, 0.15) is 27.5 Å². The number of halogens is 1. The number of phenolic OH excluding ortho intramolecular Hbond substituents is 1. The number of quaternary nitrogens is 1. The molecule has 0 spiro atoms. The largest absolute Gasteiger partial charge is 1.00 e. The lowest BCUT2D eigenvalue weighted by Gasteiger charge is -2.37. The van der Waals surface area contributed by atoms with Crippen LogP contribution in [-0.2, 0) is 6.54 Å². The second-order valence-corrected chi connectivity index (χ2v) is 6.04. The number of phenols is 1. The van der Waals surface area contributed by atoms with Gasteiger partial charge in [0.2, 0.25) is 0 Å². The SMILES string of the molecule is C=CC(c1ccccc1)[N+](C)(C)Cc1ccc(O)c(C=O)c1.[Cl-]. The Bertz CT molecular complexity index is 668. The van der Waals surface area contributed by atoms with Crippen LogP contribution in [0.5, 0.6) is 5.75 Å². The second-order valence-electron chi connectivity index (χ2n) is 6.04. The lowest BCUT2D eigenvalue weighted by Crippen LogP contribution is -3.00. The summed E-state index contributed by atoms with van der Waals surface area (Å²) in [5.74, 6) is 0.0207. The molecular weight excluding hydrogens is 310 g/mol. The lowest BCUT2D eigenvalue weighted by atomic mass is 10.0. The van der Waals surface area contributed by atoms with Crippen molar-refractivity contribution in [1.82, 2.24) is 0 Å². The van der Waals surface area contributed by atoms with Crippen molar-refractivity contribution in [2.24, 2.45) is 0 Å². The molecule has 1 atom stereocenters. The number of carbonyl (C=O) groups is 1. The zero-order valence-corrected chi connectivity index (χ0v) is 14.2. The fraction of sp³-hybridized carbons (Fsp3) is 0.211. The van der Waals surface area contributed by atoms with Crippen molar-refractivity contribution in [2.75, 3.05) is 14.1 Å². The van der Waals surface area contributed by atoms with Crippen LogP contribution in [0, 0.1) is 0 Å². The third kappa shape index (κ3) is 4.44. The first kappa shape index (κ1) is 18.9. The molecule has 4 heteroatoms. The number of hydrogen-bond donors (Lipinski definition) is 1. The molecule has 2 rings (SSSR count). The number of rotatable bonds is 6. The molecule has 0 saturated heterocycles. The Balaban J connectivity index is 0.00000264. The topological polar surface area (TPSA) is 37.3 Å². The molecular formula is C19H22ClNO2. The highest BCUT2D eigenvalue weighted by Gasteiger charge is 2.27. The molecule has 0 saturated carbocycles. The Morgan fingerprint density at radius 2 is 1.83 bits per heavy atom. The highest BCUT2D eigenvalue weighted by molar-refractivity contribution is 5.79. The maximum absolute atomic E-state index is 11.0. The Kier molecular flexibility index (Phi) is 6.55. The Morgan fingerprint density at radius 1 is 1.17 bits per heavy atom. The Morgan fingerprint density at radius 3 is 2.39 bits per heavy atom. The van der Waals surface area contributed by atoms with E-state index >= 15 is 0 Å². The smallest absolute Gasteiger partial charge is 0.153 e. The molecule has 0 aliphatic heterocycles. The molecule has 1 unspecified atom stereocenters. The van der Waals surface area contributed by atoms with E-state index in [1.807, 2.05) is 30.3 Å². The maximum Gasteiger partial charge on any atom is 0.153 e. The zero-order valence-electron chi connectivity index (χ0n) is 13.4. The van der Waals surface area contributed by atoms with Crippen molar-refractivity contribution in [3.05, 3.63) is 77.9 Å². The molecule has 1 N–H and O–H groups in total. The molecule has 0 radical (unpaired) electrons. The third-order valence-electron chi connectivity index (χ3n) is 3.93. The van der Waals surface area contributed by atoms with Crippen molar-refractivity contribution >= 4 is 6.29 Å². The van der Waals surface area contributed by atoms with E-state index in [9.17, 15) is 9.90 Å². The fourth-order valence-electron chi connectivity index (χ4n) is 2.84. The van der Waals surface area contributed by atoms with E-state index in [2.05, 4.69) is 32.8 Å². The van der Waals surface area contributed by atoms with Crippen molar-refractivity contribution in [3.8, 4) is 5.75 Å². The van der Waals surface area contributed by atoms with Crippen LogP contribution in [0.25, 0.3) is 0 Å². The summed E-state index contributed by atoms with van der Waals surface area (Å²) in [5, 5.41) is 9.61. The van der Waals surface area contributed by atoms with Gasteiger partial charge in [0.05, 0.1) is 19.7 Å². The van der Waals surface area contributed by atoms with Gasteiger partial charge in [0, 0.05) is 11.1 Å². The van der Waals surface area contributed by atoms with Gasteiger partial charge in [-0.15, -0.1) is 0 Å². The number of likely N-dealkylation sites (N-methyl/N-ethyl adjacent to an activating group) is 1. The molecule has 0 aliphatic rings. The summed E-state index contributed by atoms with van der Waals surface area (Å²) >= 11 is 0. The van der Waals surface area contributed by atoms with Crippen molar-refractivity contribution in [1.29, 1.82) is 0 Å². The summed E-state index contributed by atoms with van der Waals surface area (Å²) in [6.07, 6.45) is 2.64. The predicted octanol–water partition coefficient (Wildman–Crippen LogP) is 0.712. The molecule has 2 aromatic carbocycles. The first-order valence-electron chi connectivity index (χ1n) is 7.25. The highest BCUT2D eigenvalue weighted by Crippen LogP contribution is 2.29. The second kappa shape index (κ2) is 7.95. The van der Waals surface area contributed by atoms with Crippen molar-refractivity contribution < 1.29 is 26.8 Å². The molecule has 3 nitrogen and oxygen atoms in total. The monoisotopic (exact) mass is 331 g/mol. The van der Waals surface area contributed by atoms with Crippen LogP contribution < -0.4 is 12.4 Å². The van der Waals surface area contributed by atoms with Gasteiger partial charge in [0.25, 0.3) is 0 Å². The average molecular weight is 332 g/mol. The minimum absolute atomic E-state index is 0. The maximum atomic E-state index is 11.0. The van der Waals surface area contributed by atoms with Gasteiger partial charge in [-0.3, -0.25) is 4.79 Å². The van der Waals surface area contributed by atoms with Gasteiger partial charge >= 0.3 is 0 Å². The van der Waals surface area contributed by atoms with Crippen LogP contribution in [-0.4, -0.2) is 30.0 Å². The zero-order chi connectivity index (χ0) is 16.2. The number of carbonyl (C=O) groups excluding carboxylic acids is 1. The number of aromatic hydroxyl groups is 1. The van der Waals surface area contributed by atoms with Crippen LogP contribution in [0.2, 0.25) is 0 Å². The summed E-state index contributed by atoms with van der Waals surface area (Å²) in [5.41, 5.74) is 2.54. The van der Waals surface area contributed by atoms with Gasteiger partial charge in [-0.25, -0.2) is 0 Å². The van der Waals surface area contributed by atoms with Crippen LogP contribution in [0.4, 0.5) is 0 Å². The quantitative estimate of drug-likeness (QED) is 0.481. The van der Waals surface area contributed by atoms with Crippen molar-refractivity contribution in [3.63, 3.8) is 0 Å². The van der Waals surface area contributed by atoms with Gasteiger partial charge in [-0.2, -0.15) is 0 Å². The highest BCUT2D eigenvalue weighted by atomic mass is 35.5. The predicted molar refractivity (Wildman–Crippen MR) is 88.7 cm³/mol. The van der Waals surface area contributed by atoms with Gasteiger partial charge in [0.15, 0.2) is 6.29 Å². The van der Waals surface area contributed by atoms with E-state index in [0.29, 0.717) is 16.3 Å². The van der Waals surface area contributed by atoms with E-state index in [4.69, 9.17) is 0 Å². The van der Waals surface area contributed by atoms with Gasteiger partial charge < -0.3 is 22.0 Å². The Labute approximate surface area is 143 Å². The van der Waals surface area contributed by atoms with Gasteiger partial charge in [-0.05, 0) is 24.3 Å².